The fourth-order valence-electron chi connectivity index (χ4n) is 1.92. The van der Waals surface area contributed by atoms with Crippen molar-refractivity contribution in [3.8, 4) is 0 Å². The van der Waals surface area contributed by atoms with Gasteiger partial charge in [0, 0.05) is 36.9 Å². The first kappa shape index (κ1) is 13.7. The molecule has 0 bridgehead atoms. The average Bonchev–Trinajstić information content (AvgIpc) is 2.81. The zero-order valence-corrected chi connectivity index (χ0v) is 11.7. The van der Waals surface area contributed by atoms with Gasteiger partial charge in [0.25, 0.3) is 0 Å². The van der Waals surface area contributed by atoms with Crippen LogP contribution in [-0.4, -0.2) is 10.5 Å². The summed E-state index contributed by atoms with van der Waals surface area (Å²) in [5, 5.41) is 3.57. The molecule has 1 aromatic carbocycles. The predicted octanol–water partition coefficient (Wildman–Crippen LogP) is 2.93. The summed E-state index contributed by atoms with van der Waals surface area (Å²) >= 11 is 6.03. The van der Waals surface area contributed by atoms with Crippen LogP contribution in [0.1, 0.15) is 17.7 Å². The number of nitrogens with zero attached hydrogens (tertiary/aromatic N) is 1. The molecule has 4 heteroatoms. The Morgan fingerprint density at radius 2 is 2.05 bits per heavy atom. The van der Waals surface area contributed by atoms with Gasteiger partial charge in [0.1, 0.15) is 0 Å². The van der Waals surface area contributed by atoms with Gasteiger partial charge in [0.15, 0.2) is 0 Å². The molecule has 1 aromatic heterocycles. The third kappa shape index (κ3) is 3.86. The molecule has 0 aliphatic carbocycles. The molecule has 3 nitrogen and oxygen atoms in total. The molecule has 1 N–H and O–H groups in total. The van der Waals surface area contributed by atoms with Crippen LogP contribution in [0.4, 0.5) is 0 Å². The van der Waals surface area contributed by atoms with Gasteiger partial charge in [-0.05, 0) is 30.2 Å². The third-order valence-electron chi connectivity index (χ3n) is 3.09. The van der Waals surface area contributed by atoms with E-state index in [1.807, 2.05) is 54.2 Å². The summed E-state index contributed by atoms with van der Waals surface area (Å²) < 4.78 is 2.03. The summed E-state index contributed by atoms with van der Waals surface area (Å²) in [5.41, 5.74) is 2.10. The van der Waals surface area contributed by atoms with Crippen LogP contribution >= 0.6 is 11.6 Å². The highest BCUT2D eigenvalue weighted by Gasteiger charge is 2.05. The molecule has 0 unspecified atom stereocenters. The molecule has 0 fully saturated rings. The molecular formula is C15H17ClN2O. The monoisotopic (exact) mass is 276 g/mol. The number of rotatable bonds is 5. The summed E-state index contributed by atoms with van der Waals surface area (Å²) in [6.45, 7) is 0.478. The Kier molecular flexibility index (Phi) is 4.63. The van der Waals surface area contributed by atoms with Crippen LogP contribution in [0, 0.1) is 0 Å². The molecule has 0 saturated heterocycles. The molecule has 1 heterocycles. The minimum atomic E-state index is 0.0427. The van der Waals surface area contributed by atoms with Crippen LogP contribution in [0.5, 0.6) is 0 Å². The summed E-state index contributed by atoms with van der Waals surface area (Å²) in [7, 11) is 1.98. The van der Waals surface area contributed by atoms with Gasteiger partial charge >= 0.3 is 0 Å². The lowest BCUT2D eigenvalue weighted by molar-refractivity contribution is -0.121. The molecule has 2 aromatic rings. The fraction of sp³-hybridized carbons (Fsp3) is 0.267. The maximum atomic E-state index is 11.8. The fourth-order valence-corrected chi connectivity index (χ4v) is 2.12. The molecule has 0 aliphatic rings. The summed E-state index contributed by atoms with van der Waals surface area (Å²) in [5.74, 6) is 0.0427. The van der Waals surface area contributed by atoms with E-state index in [-0.39, 0.29) is 5.91 Å². The lowest BCUT2D eigenvalue weighted by Gasteiger charge is -2.07. The highest BCUT2D eigenvalue weighted by atomic mass is 35.5. The van der Waals surface area contributed by atoms with Crippen LogP contribution in [0.2, 0.25) is 5.02 Å². The van der Waals surface area contributed by atoms with E-state index >= 15 is 0 Å². The van der Waals surface area contributed by atoms with E-state index in [0.717, 1.165) is 17.7 Å². The lowest BCUT2D eigenvalue weighted by atomic mass is 10.2. The molecule has 0 atom stereocenters. The van der Waals surface area contributed by atoms with Crippen molar-refractivity contribution in [3.05, 3.63) is 58.9 Å². The molecule has 19 heavy (non-hydrogen) atoms. The van der Waals surface area contributed by atoms with Crippen molar-refractivity contribution in [2.24, 2.45) is 7.05 Å². The highest BCUT2D eigenvalue weighted by Crippen LogP contribution is 2.14. The van der Waals surface area contributed by atoms with Gasteiger partial charge in [-0.3, -0.25) is 4.79 Å². The normalized spacial score (nSPS) is 10.4. The number of nitrogens with one attached hydrogen (secondary N) is 1. The number of carbonyl (C=O) groups is 1. The van der Waals surface area contributed by atoms with E-state index in [2.05, 4.69) is 5.32 Å². The topological polar surface area (TPSA) is 34.0 Å². The number of amides is 1. The van der Waals surface area contributed by atoms with Crippen LogP contribution < -0.4 is 5.32 Å². The predicted molar refractivity (Wildman–Crippen MR) is 77.0 cm³/mol. The minimum Gasteiger partial charge on any atom is -0.354 e. The van der Waals surface area contributed by atoms with Gasteiger partial charge in [-0.15, -0.1) is 0 Å². The Balaban J connectivity index is 1.79. The van der Waals surface area contributed by atoms with Crippen molar-refractivity contribution in [3.63, 3.8) is 0 Å². The second-order valence-electron chi connectivity index (χ2n) is 4.48. The number of aromatic nitrogens is 1. The van der Waals surface area contributed by atoms with Gasteiger partial charge in [0.05, 0.1) is 0 Å². The Morgan fingerprint density at radius 1 is 1.26 bits per heavy atom. The lowest BCUT2D eigenvalue weighted by Crippen LogP contribution is -2.23. The first-order chi connectivity index (χ1) is 9.16. The Bertz CT molecular complexity index is 563. The molecule has 0 spiro atoms. The van der Waals surface area contributed by atoms with Gasteiger partial charge < -0.3 is 9.88 Å². The quantitative estimate of drug-likeness (QED) is 0.895. The standard InChI is InChI=1S/C15H17ClN2O/c1-18-10-4-6-13(18)8-9-15(19)17-11-12-5-2-3-7-14(12)16/h2-7,10H,8-9,11H2,1H3,(H,17,19). The van der Waals surface area contributed by atoms with E-state index in [0.29, 0.717) is 18.0 Å². The molecular weight excluding hydrogens is 260 g/mol. The van der Waals surface area contributed by atoms with Crippen molar-refractivity contribution in [2.75, 3.05) is 0 Å². The molecule has 0 saturated carbocycles. The maximum Gasteiger partial charge on any atom is 0.220 e. The van der Waals surface area contributed by atoms with Crippen molar-refractivity contribution in [1.29, 1.82) is 0 Å². The SMILES string of the molecule is Cn1cccc1CCC(=O)NCc1ccccc1Cl. The zero-order valence-electron chi connectivity index (χ0n) is 10.9. The van der Waals surface area contributed by atoms with E-state index in [1.165, 1.54) is 0 Å². The van der Waals surface area contributed by atoms with Gasteiger partial charge in [0.2, 0.25) is 5.91 Å². The van der Waals surface area contributed by atoms with E-state index in [1.54, 1.807) is 0 Å². The molecule has 100 valence electrons. The van der Waals surface area contributed by atoms with Gasteiger partial charge in [-0.2, -0.15) is 0 Å². The van der Waals surface area contributed by atoms with Crippen LogP contribution in [0.3, 0.4) is 0 Å². The maximum absolute atomic E-state index is 11.8. The van der Waals surface area contributed by atoms with Crippen LogP contribution in [0.15, 0.2) is 42.6 Å². The van der Waals surface area contributed by atoms with E-state index < -0.39 is 0 Å². The smallest absolute Gasteiger partial charge is 0.220 e. The second-order valence-corrected chi connectivity index (χ2v) is 4.89. The van der Waals surface area contributed by atoms with E-state index in [4.69, 9.17) is 11.6 Å². The number of hydrogen-bond acceptors (Lipinski definition) is 1. The number of halogens is 1. The molecule has 0 aliphatic heterocycles. The average molecular weight is 277 g/mol. The summed E-state index contributed by atoms with van der Waals surface area (Å²) in [6, 6.07) is 11.5. The first-order valence-corrected chi connectivity index (χ1v) is 6.65. The summed E-state index contributed by atoms with van der Waals surface area (Å²) in [6.07, 6.45) is 3.22. The van der Waals surface area contributed by atoms with Gasteiger partial charge in [-0.25, -0.2) is 0 Å². The minimum absolute atomic E-state index is 0.0427. The molecule has 1 amide bonds. The molecule has 0 radical (unpaired) electrons. The highest BCUT2D eigenvalue weighted by molar-refractivity contribution is 6.31. The summed E-state index contributed by atoms with van der Waals surface area (Å²) in [4.78, 5) is 11.8. The first-order valence-electron chi connectivity index (χ1n) is 6.27. The Labute approximate surface area is 118 Å². The number of carbonyl (C=O) groups excluding carboxylic acids is 1. The number of benzene rings is 1. The second kappa shape index (κ2) is 6.43. The van der Waals surface area contributed by atoms with E-state index in [9.17, 15) is 4.79 Å². The van der Waals surface area contributed by atoms with Crippen molar-refractivity contribution in [1.82, 2.24) is 9.88 Å². The van der Waals surface area contributed by atoms with Crippen LogP contribution in [-0.2, 0) is 24.8 Å². The van der Waals surface area contributed by atoms with Crippen molar-refractivity contribution >= 4 is 17.5 Å². The Hall–Kier alpha value is -1.74. The zero-order chi connectivity index (χ0) is 13.7. The van der Waals surface area contributed by atoms with Crippen molar-refractivity contribution in [2.45, 2.75) is 19.4 Å². The van der Waals surface area contributed by atoms with Gasteiger partial charge in [-0.1, -0.05) is 29.8 Å². The number of aryl methyl sites for hydroxylation is 2. The largest absolute Gasteiger partial charge is 0.354 e. The Morgan fingerprint density at radius 3 is 2.74 bits per heavy atom. The van der Waals surface area contributed by atoms with Crippen molar-refractivity contribution < 1.29 is 4.79 Å². The molecule has 2 rings (SSSR count). The van der Waals surface area contributed by atoms with Crippen LogP contribution in [0.25, 0.3) is 0 Å². The number of hydrogen-bond donors (Lipinski definition) is 1. The third-order valence-corrected chi connectivity index (χ3v) is 3.46.